The summed E-state index contributed by atoms with van der Waals surface area (Å²) in [6.07, 6.45) is 10.6. The van der Waals surface area contributed by atoms with Crippen LogP contribution in [0.25, 0.3) is 5.70 Å². The van der Waals surface area contributed by atoms with Crippen molar-refractivity contribution in [3.63, 3.8) is 0 Å². The average molecular weight is 353 g/mol. The van der Waals surface area contributed by atoms with Gasteiger partial charge in [-0.25, -0.2) is 0 Å². The Bertz CT molecular complexity index is 605. The molecule has 0 saturated heterocycles. The fourth-order valence-corrected chi connectivity index (χ4v) is 2.17. The molecule has 105 valence electrons. The van der Waals surface area contributed by atoms with E-state index in [0.29, 0.717) is 6.61 Å². The van der Waals surface area contributed by atoms with Crippen LogP contribution >= 0.6 is 0 Å². The van der Waals surface area contributed by atoms with Gasteiger partial charge >= 0.3 is 0 Å². The number of hydrogen-bond acceptors (Lipinski definition) is 2. The molecule has 2 nitrogen and oxygen atoms in total. The van der Waals surface area contributed by atoms with E-state index < -0.39 is 0 Å². The summed E-state index contributed by atoms with van der Waals surface area (Å²) < 4.78 is 5.46. The molecule has 1 aliphatic rings. The molecule has 1 radical (unpaired) electrons. The van der Waals surface area contributed by atoms with Crippen LogP contribution < -0.4 is 4.74 Å². The summed E-state index contributed by atoms with van der Waals surface area (Å²) in [4.78, 5) is 2.07. The van der Waals surface area contributed by atoms with Crippen molar-refractivity contribution in [1.29, 1.82) is 0 Å². The number of rotatable bonds is 4. The Hall–Kier alpha value is -1.30. The molecule has 0 saturated carbocycles. The summed E-state index contributed by atoms with van der Waals surface area (Å²) in [7, 11) is 0. The van der Waals surface area contributed by atoms with Crippen molar-refractivity contribution >= 4 is 5.70 Å². The first kappa shape index (κ1) is 17.8. The molecule has 1 aromatic carbocycles. The summed E-state index contributed by atoms with van der Waals surface area (Å²) in [6.45, 7) is 9.58. The minimum atomic E-state index is 0. The molecule has 0 unspecified atom stereocenters. The summed E-state index contributed by atoms with van der Waals surface area (Å²) in [5.41, 5.74) is 3.68. The van der Waals surface area contributed by atoms with Crippen LogP contribution in [-0.2, 0) is 32.7 Å². The van der Waals surface area contributed by atoms with Gasteiger partial charge in [0, 0.05) is 39.3 Å². The van der Waals surface area contributed by atoms with Gasteiger partial charge in [-0.3, -0.25) is 0 Å². The Morgan fingerprint density at radius 3 is 2.48 bits per heavy atom. The number of allylic oxidation sites excluding steroid dienone is 3. The smallest absolute Gasteiger partial charge is 0.117 e. The van der Waals surface area contributed by atoms with E-state index in [1.807, 2.05) is 37.3 Å². The summed E-state index contributed by atoms with van der Waals surface area (Å²) in [5.74, 6) is 3.51. The zero-order valence-corrected chi connectivity index (χ0v) is 15.4. The van der Waals surface area contributed by atoms with E-state index in [2.05, 4.69) is 30.4 Å². The third kappa shape index (κ3) is 3.87. The minimum Gasteiger partial charge on any atom is -0.494 e. The molecule has 0 atom stereocenters. The van der Waals surface area contributed by atoms with Crippen molar-refractivity contribution in [3.05, 3.63) is 59.8 Å². The van der Waals surface area contributed by atoms with Gasteiger partial charge in [0.25, 0.3) is 0 Å². The number of ether oxygens (including phenoxy) is 1. The van der Waals surface area contributed by atoms with Gasteiger partial charge < -0.3 is 9.64 Å². The predicted octanol–water partition coefficient (Wildman–Crippen LogP) is 3.64. The van der Waals surface area contributed by atoms with E-state index >= 15 is 0 Å². The molecule has 0 aliphatic carbocycles. The maximum atomic E-state index is 5.48. The van der Waals surface area contributed by atoms with Gasteiger partial charge in [-0.15, -0.1) is 24.5 Å². The number of nitrogens with zero attached hydrogens (tertiary/aromatic N) is 1. The molecule has 0 spiro atoms. The van der Waals surface area contributed by atoms with Crippen LogP contribution in [-0.4, -0.2) is 18.1 Å². The molecule has 2 rings (SSSR count). The standard InChI is InChI=1S/C18H18NO.Y/c1-5-15-10-13-18(19(6-2)14(15)4)16-8-11-17(12-9-16)20-7-3;/h1,8-12H,4,6-7H2,2-3H3;/q-1;. The Morgan fingerprint density at radius 1 is 1.29 bits per heavy atom. The summed E-state index contributed by atoms with van der Waals surface area (Å²) in [6, 6.07) is 7.98. The first-order valence-corrected chi connectivity index (χ1v) is 6.71. The maximum absolute atomic E-state index is 5.48. The number of terminal acetylenes is 1. The maximum Gasteiger partial charge on any atom is 0.117 e. The van der Waals surface area contributed by atoms with Gasteiger partial charge in [0.2, 0.25) is 0 Å². The number of hydrogen-bond donors (Lipinski definition) is 0. The van der Waals surface area contributed by atoms with Crippen molar-refractivity contribution in [2.45, 2.75) is 13.8 Å². The number of benzene rings is 1. The van der Waals surface area contributed by atoms with Crippen LogP contribution in [0.2, 0.25) is 0 Å². The van der Waals surface area contributed by atoms with Gasteiger partial charge in [-0.1, -0.05) is 23.4 Å². The molecule has 0 N–H and O–H groups in total. The Morgan fingerprint density at radius 2 is 1.95 bits per heavy atom. The van der Waals surface area contributed by atoms with Crippen molar-refractivity contribution in [2.75, 3.05) is 13.2 Å². The van der Waals surface area contributed by atoms with Gasteiger partial charge in [-0.2, -0.15) is 12.2 Å². The van der Waals surface area contributed by atoms with Crippen molar-refractivity contribution in [2.24, 2.45) is 0 Å². The third-order valence-corrected chi connectivity index (χ3v) is 3.17. The fraction of sp³-hybridized carbons (Fsp3) is 0.222. The predicted molar refractivity (Wildman–Crippen MR) is 82.7 cm³/mol. The normalized spacial score (nSPS) is 13.8. The average Bonchev–Trinajstić information content (AvgIpc) is 2.48. The molecular formula is C18H18NOY-. The van der Waals surface area contributed by atoms with E-state index in [4.69, 9.17) is 11.2 Å². The van der Waals surface area contributed by atoms with Crippen LogP contribution in [0.5, 0.6) is 5.75 Å². The summed E-state index contributed by atoms with van der Waals surface area (Å²) in [5, 5.41) is 0. The first-order valence-electron chi connectivity index (χ1n) is 6.71. The molecular weight excluding hydrogens is 335 g/mol. The largest absolute Gasteiger partial charge is 0.494 e. The van der Waals surface area contributed by atoms with E-state index in [-0.39, 0.29) is 32.7 Å². The zero-order valence-electron chi connectivity index (χ0n) is 12.5. The van der Waals surface area contributed by atoms with Crippen LogP contribution in [0.3, 0.4) is 0 Å². The van der Waals surface area contributed by atoms with Gasteiger partial charge in [0.1, 0.15) is 5.75 Å². The first-order chi connectivity index (χ1) is 9.71. The van der Waals surface area contributed by atoms with Crippen molar-refractivity contribution < 1.29 is 37.4 Å². The van der Waals surface area contributed by atoms with Crippen molar-refractivity contribution in [1.82, 2.24) is 4.90 Å². The molecule has 0 aromatic heterocycles. The van der Waals surface area contributed by atoms with E-state index in [9.17, 15) is 0 Å². The Kier molecular flexibility index (Phi) is 6.95. The van der Waals surface area contributed by atoms with Gasteiger partial charge in [0.15, 0.2) is 0 Å². The SMILES string of the molecule is C#CC1=C[C-]=C(c2ccc(OCC)cc2)N(CC)C1=C.[Y]. The molecule has 1 heterocycles. The number of likely N-dealkylation sites (N-methyl/N-ethyl adjacent to an activating group) is 1. The summed E-state index contributed by atoms with van der Waals surface area (Å²) >= 11 is 0. The van der Waals surface area contributed by atoms with Crippen LogP contribution in [0.4, 0.5) is 0 Å². The second-order valence-electron chi connectivity index (χ2n) is 4.34. The fourth-order valence-electron chi connectivity index (χ4n) is 2.17. The van der Waals surface area contributed by atoms with Gasteiger partial charge in [0.05, 0.1) is 6.61 Å². The Labute approximate surface area is 152 Å². The minimum absolute atomic E-state index is 0. The van der Waals surface area contributed by atoms with E-state index in [1.165, 1.54) is 0 Å². The third-order valence-electron chi connectivity index (χ3n) is 3.17. The van der Waals surface area contributed by atoms with E-state index in [1.54, 1.807) is 0 Å². The second kappa shape index (κ2) is 8.22. The van der Waals surface area contributed by atoms with Crippen LogP contribution in [0.1, 0.15) is 19.4 Å². The Balaban J connectivity index is 0.00000220. The second-order valence-corrected chi connectivity index (χ2v) is 4.34. The zero-order chi connectivity index (χ0) is 14.5. The van der Waals surface area contributed by atoms with Crippen LogP contribution in [0.15, 0.2) is 48.2 Å². The monoisotopic (exact) mass is 353 g/mol. The molecule has 21 heavy (non-hydrogen) atoms. The molecule has 0 amide bonds. The molecule has 0 fully saturated rings. The van der Waals surface area contributed by atoms with Gasteiger partial charge in [-0.05, 0) is 31.7 Å². The molecule has 1 aromatic rings. The quantitative estimate of drug-likeness (QED) is 0.605. The molecule has 0 bridgehead atoms. The molecule has 3 heteroatoms. The van der Waals surface area contributed by atoms with E-state index in [0.717, 1.165) is 34.8 Å². The molecule has 1 aliphatic heterocycles. The van der Waals surface area contributed by atoms with Crippen molar-refractivity contribution in [3.8, 4) is 18.1 Å². The van der Waals surface area contributed by atoms with Crippen LogP contribution in [0, 0.1) is 18.4 Å². The topological polar surface area (TPSA) is 12.5 Å².